The zero-order valence-electron chi connectivity index (χ0n) is 28.9. The predicted molar refractivity (Wildman–Crippen MR) is 217 cm³/mol. The first kappa shape index (κ1) is 28.2. The number of hydrogen-bond donors (Lipinski definition) is 0. The van der Waals surface area contributed by atoms with Gasteiger partial charge >= 0.3 is 0 Å². The van der Waals surface area contributed by atoms with Gasteiger partial charge in [0, 0.05) is 5.41 Å². The fourth-order valence-corrected chi connectivity index (χ4v) is 9.94. The van der Waals surface area contributed by atoms with Crippen molar-refractivity contribution in [1.29, 1.82) is 0 Å². The third kappa shape index (κ3) is 3.46. The molecule has 50 heavy (non-hydrogen) atoms. The van der Waals surface area contributed by atoms with E-state index in [1.807, 2.05) is 0 Å². The van der Waals surface area contributed by atoms with Crippen LogP contribution in [0.1, 0.15) is 50.3 Å². The fourth-order valence-electron chi connectivity index (χ4n) is 9.94. The average molecular weight is 637 g/mol. The molecule has 0 aromatic heterocycles. The van der Waals surface area contributed by atoms with Crippen molar-refractivity contribution in [3.05, 3.63) is 156 Å². The highest BCUT2D eigenvalue weighted by Crippen LogP contribution is 2.57. The van der Waals surface area contributed by atoms with Gasteiger partial charge in [-0.1, -0.05) is 161 Å². The molecule has 0 fully saturated rings. The molecule has 0 heteroatoms. The Morgan fingerprint density at radius 1 is 0.420 bits per heavy atom. The van der Waals surface area contributed by atoms with Crippen LogP contribution in [0.3, 0.4) is 0 Å². The van der Waals surface area contributed by atoms with E-state index in [9.17, 15) is 0 Å². The van der Waals surface area contributed by atoms with E-state index in [1.165, 1.54) is 114 Å². The molecule has 0 spiro atoms. The van der Waals surface area contributed by atoms with Gasteiger partial charge in [0.05, 0.1) is 0 Å². The van der Waals surface area contributed by atoms with E-state index in [0.717, 1.165) is 0 Å². The molecule has 0 aliphatic heterocycles. The summed E-state index contributed by atoms with van der Waals surface area (Å²) in [5.74, 6) is 0.472. The van der Waals surface area contributed by atoms with Crippen LogP contribution < -0.4 is 0 Å². The number of hydrogen-bond acceptors (Lipinski definition) is 0. The number of rotatable bonds is 2. The van der Waals surface area contributed by atoms with E-state index in [-0.39, 0.29) is 5.41 Å². The van der Waals surface area contributed by atoms with Crippen molar-refractivity contribution in [2.24, 2.45) is 0 Å². The van der Waals surface area contributed by atoms with Gasteiger partial charge in [-0.15, -0.1) is 0 Å². The minimum absolute atomic E-state index is 0.123. The summed E-state index contributed by atoms with van der Waals surface area (Å²) in [7, 11) is 0. The molecular weight excluding hydrogens is 601 g/mol. The van der Waals surface area contributed by atoms with Crippen LogP contribution in [0.2, 0.25) is 0 Å². The van der Waals surface area contributed by atoms with Crippen LogP contribution in [-0.2, 0) is 5.41 Å². The molecule has 10 aromatic carbocycles. The molecule has 0 atom stereocenters. The van der Waals surface area contributed by atoms with Crippen LogP contribution in [0, 0.1) is 0 Å². The molecule has 0 amide bonds. The number of benzene rings is 10. The van der Waals surface area contributed by atoms with E-state index >= 15 is 0 Å². The standard InChI is InChI=1S/C50H36/c1-28(2)32-22-17-29-20-25-39-33(23-18-30-19-24-38(32)44(29)45(30)39)31-21-26-40-42(27-31)34-11-5-6-12-35(34)48-46(40)36-13-7-8-14-37(36)47-41-15-9-10-16-43(41)50(3,4)49(47)48/h5-28H,1-4H3. The summed E-state index contributed by atoms with van der Waals surface area (Å²) < 4.78 is 0. The second-order valence-electron chi connectivity index (χ2n) is 15.4. The Morgan fingerprint density at radius 2 is 1.00 bits per heavy atom. The van der Waals surface area contributed by atoms with E-state index in [4.69, 9.17) is 0 Å². The molecule has 11 rings (SSSR count). The highest BCUT2D eigenvalue weighted by atomic mass is 14.4. The van der Waals surface area contributed by atoms with Gasteiger partial charge in [0.1, 0.15) is 0 Å². The summed E-state index contributed by atoms with van der Waals surface area (Å²) in [6.07, 6.45) is 0. The Labute approximate surface area is 291 Å². The lowest BCUT2D eigenvalue weighted by Gasteiger charge is -2.26. The lowest BCUT2D eigenvalue weighted by molar-refractivity contribution is 0.667. The molecule has 0 heterocycles. The van der Waals surface area contributed by atoms with Gasteiger partial charge in [-0.05, 0) is 126 Å². The van der Waals surface area contributed by atoms with Crippen LogP contribution in [0.25, 0.3) is 97.7 Å². The zero-order valence-corrected chi connectivity index (χ0v) is 28.9. The smallest absolute Gasteiger partial charge is 0.0165 e. The lowest BCUT2D eigenvalue weighted by Crippen LogP contribution is -2.15. The topological polar surface area (TPSA) is 0 Å². The first-order valence-electron chi connectivity index (χ1n) is 18.1. The quantitative estimate of drug-likeness (QED) is 0.166. The van der Waals surface area contributed by atoms with Crippen molar-refractivity contribution in [1.82, 2.24) is 0 Å². The molecule has 0 saturated heterocycles. The highest BCUT2D eigenvalue weighted by molar-refractivity contribution is 6.35. The molecular formula is C50H36. The minimum atomic E-state index is -0.123. The third-order valence-corrected chi connectivity index (χ3v) is 12.1. The average Bonchev–Trinajstić information content (AvgIpc) is 3.39. The Kier molecular flexibility index (Phi) is 5.46. The van der Waals surface area contributed by atoms with Crippen molar-refractivity contribution in [3.63, 3.8) is 0 Å². The van der Waals surface area contributed by atoms with Gasteiger partial charge in [0.25, 0.3) is 0 Å². The molecule has 0 unspecified atom stereocenters. The number of fused-ring (bicyclic) bond motifs is 13. The Morgan fingerprint density at radius 3 is 1.78 bits per heavy atom. The van der Waals surface area contributed by atoms with Gasteiger partial charge < -0.3 is 0 Å². The summed E-state index contributed by atoms with van der Waals surface area (Å²) in [6, 6.07) is 53.3. The fraction of sp³-hybridized carbons (Fsp3) is 0.120. The van der Waals surface area contributed by atoms with Crippen molar-refractivity contribution in [3.8, 4) is 22.3 Å². The van der Waals surface area contributed by atoms with Crippen LogP contribution in [0.4, 0.5) is 0 Å². The molecule has 1 aliphatic carbocycles. The van der Waals surface area contributed by atoms with Crippen molar-refractivity contribution >= 4 is 75.4 Å². The van der Waals surface area contributed by atoms with E-state index in [1.54, 1.807) is 0 Å². The molecule has 0 nitrogen and oxygen atoms in total. The lowest BCUT2D eigenvalue weighted by atomic mass is 9.77. The second-order valence-corrected chi connectivity index (χ2v) is 15.4. The SMILES string of the molecule is CC(C)c1ccc2ccc3c(-c4ccc5c(c4)c4ccccc4c4c6c(c7ccccc7c54)-c4ccccc4C6(C)C)ccc4ccc1c2c43. The maximum atomic E-state index is 2.48. The Balaban J connectivity index is 1.27. The van der Waals surface area contributed by atoms with Gasteiger partial charge in [-0.2, -0.15) is 0 Å². The second kappa shape index (κ2) is 9.71. The molecule has 0 bridgehead atoms. The van der Waals surface area contributed by atoms with Gasteiger partial charge in [-0.25, -0.2) is 0 Å². The highest BCUT2D eigenvalue weighted by Gasteiger charge is 2.39. The summed E-state index contributed by atoms with van der Waals surface area (Å²) in [4.78, 5) is 0. The third-order valence-electron chi connectivity index (χ3n) is 12.1. The molecule has 10 aromatic rings. The van der Waals surface area contributed by atoms with Gasteiger partial charge in [-0.3, -0.25) is 0 Å². The first-order chi connectivity index (χ1) is 24.4. The largest absolute Gasteiger partial charge is 0.0619 e. The van der Waals surface area contributed by atoms with Gasteiger partial charge in [0.15, 0.2) is 0 Å². The normalized spacial score (nSPS) is 13.9. The molecule has 0 radical (unpaired) electrons. The van der Waals surface area contributed by atoms with Crippen LogP contribution in [0.5, 0.6) is 0 Å². The molecule has 0 saturated carbocycles. The van der Waals surface area contributed by atoms with Crippen molar-refractivity contribution < 1.29 is 0 Å². The Hall–Kier alpha value is -5.72. The zero-order chi connectivity index (χ0) is 33.5. The molecule has 0 N–H and O–H groups in total. The summed E-state index contributed by atoms with van der Waals surface area (Å²) in [5.41, 5.74) is 9.52. The summed E-state index contributed by atoms with van der Waals surface area (Å²) >= 11 is 0. The van der Waals surface area contributed by atoms with E-state index in [0.29, 0.717) is 5.92 Å². The summed E-state index contributed by atoms with van der Waals surface area (Å²) in [6.45, 7) is 9.45. The summed E-state index contributed by atoms with van der Waals surface area (Å²) in [5, 5.41) is 18.9. The molecule has 236 valence electrons. The maximum absolute atomic E-state index is 2.48. The predicted octanol–water partition coefficient (Wildman–Crippen LogP) is 14.3. The van der Waals surface area contributed by atoms with E-state index < -0.39 is 0 Å². The first-order valence-corrected chi connectivity index (χ1v) is 18.1. The van der Waals surface area contributed by atoms with Gasteiger partial charge in [0.2, 0.25) is 0 Å². The van der Waals surface area contributed by atoms with Crippen LogP contribution in [-0.4, -0.2) is 0 Å². The van der Waals surface area contributed by atoms with E-state index in [2.05, 4.69) is 167 Å². The van der Waals surface area contributed by atoms with Crippen LogP contribution in [0.15, 0.2) is 140 Å². The Bertz CT molecular complexity index is 3080. The van der Waals surface area contributed by atoms with Crippen molar-refractivity contribution in [2.75, 3.05) is 0 Å². The van der Waals surface area contributed by atoms with Crippen molar-refractivity contribution in [2.45, 2.75) is 39.0 Å². The minimum Gasteiger partial charge on any atom is -0.0619 e. The van der Waals surface area contributed by atoms with Crippen LogP contribution >= 0.6 is 0 Å². The monoisotopic (exact) mass is 636 g/mol. The maximum Gasteiger partial charge on any atom is 0.0165 e. The molecule has 1 aliphatic rings.